The highest BCUT2D eigenvalue weighted by molar-refractivity contribution is 5.73. The van der Waals surface area contributed by atoms with Crippen LogP contribution in [0.1, 0.15) is 6.92 Å². The van der Waals surface area contributed by atoms with Crippen molar-refractivity contribution in [3.05, 3.63) is 0 Å². The molecule has 0 radical (unpaired) electrons. The molecule has 0 aromatic heterocycles. The fourth-order valence-electron chi connectivity index (χ4n) is 1.77. The number of amides is 1. The molecule has 7 N–H and O–H groups in total. The number of aliphatic hydroxyl groups excluding tert-OH is 3. The molecule has 1 rings (SSSR count). The molecule has 9 nitrogen and oxygen atoms in total. The van der Waals surface area contributed by atoms with Crippen LogP contribution >= 0.6 is 0 Å². The van der Waals surface area contributed by atoms with Gasteiger partial charge in [-0.2, -0.15) is 5.48 Å². The smallest absolute Gasteiger partial charge is 0.217 e. The Hall–Kier alpha value is -0.810. The van der Waals surface area contributed by atoms with Crippen LogP contribution in [0.2, 0.25) is 0 Å². The Morgan fingerprint density at radius 3 is 2.63 bits per heavy atom. The maximum atomic E-state index is 11.1. The molecule has 9 heteroatoms. The molecule has 112 valence electrons. The number of carbonyl (C=O) groups is 1. The van der Waals surface area contributed by atoms with Gasteiger partial charge in [0.25, 0.3) is 0 Å². The zero-order valence-electron chi connectivity index (χ0n) is 10.7. The lowest BCUT2D eigenvalue weighted by atomic mass is 9.97. The Kier molecular flexibility index (Phi) is 6.58. The predicted octanol–water partition coefficient (Wildman–Crippen LogP) is -3.59. The van der Waals surface area contributed by atoms with Gasteiger partial charge in [0.05, 0.1) is 6.61 Å². The lowest BCUT2D eigenvalue weighted by Gasteiger charge is -2.41. The number of hydroxylamine groups is 1. The lowest BCUT2D eigenvalue weighted by molar-refractivity contribution is -0.286. The molecule has 0 aromatic carbocycles. The molecule has 1 saturated heterocycles. The number of hydrogen-bond acceptors (Lipinski definition) is 8. The third-order valence-corrected chi connectivity index (χ3v) is 2.70. The summed E-state index contributed by atoms with van der Waals surface area (Å²) in [6.07, 6.45) is -4.69. The van der Waals surface area contributed by atoms with Crippen molar-refractivity contribution in [2.24, 2.45) is 5.73 Å². The average molecular weight is 279 g/mol. The Bertz CT molecular complexity index is 292. The Balaban J connectivity index is 2.71. The predicted molar refractivity (Wildman–Crippen MR) is 63.5 cm³/mol. The van der Waals surface area contributed by atoms with Crippen LogP contribution in [-0.4, -0.2) is 71.6 Å². The van der Waals surface area contributed by atoms with E-state index in [0.29, 0.717) is 13.1 Å². The van der Waals surface area contributed by atoms with Gasteiger partial charge in [-0.25, -0.2) is 0 Å². The van der Waals surface area contributed by atoms with E-state index < -0.39 is 43.2 Å². The first kappa shape index (κ1) is 16.2. The van der Waals surface area contributed by atoms with E-state index in [4.69, 9.17) is 20.4 Å². The van der Waals surface area contributed by atoms with Crippen LogP contribution in [0.5, 0.6) is 0 Å². The van der Waals surface area contributed by atoms with Gasteiger partial charge >= 0.3 is 0 Å². The number of carbonyl (C=O) groups excluding carboxylic acids is 1. The largest absolute Gasteiger partial charge is 0.394 e. The molecule has 1 aliphatic rings. The summed E-state index contributed by atoms with van der Waals surface area (Å²) in [5.41, 5.74) is 7.79. The zero-order chi connectivity index (χ0) is 14.4. The molecule has 0 spiro atoms. The SMILES string of the molecule is CC(=O)NC1C(O)[C@@H](O)C(CO)O[C@H]1ONCCN. The van der Waals surface area contributed by atoms with E-state index in [1.807, 2.05) is 0 Å². The first-order chi connectivity index (χ1) is 9.01. The van der Waals surface area contributed by atoms with Crippen LogP contribution in [0.25, 0.3) is 0 Å². The van der Waals surface area contributed by atoms with Crippen molar-refractivity contribution in [2.45, 2.75) is 37.6 Å². The van der Waals surface area contributed by atoms with Gasteiger partial charge in [0, 0.05) is 20.0 Å². The van der Waals surface area contributed by atoms with E-state index in [-0.39, 0.29) is 0 Å². The molecule has 0 aliphatic carbocycles. The second-order valence-electron chi connectivity index (χ2n) is 4.23. The highest BCUT2D eigenvalue weighted by Gasteiger charge is 2.45. The number of hydrogen-bond donors (Lipinski definition) is 6. The molecule has 1 aliphatic heterocycles. The van der Waals surface area contributed by atoms with Gasteiger partial charge < -0.3 is 31.1 Å². The third kappa shape index (κ3) is 4.35. The molecule has 1 heterocycles. The molecule has 0 aromatic rings. The number of aliphatic hydroxyl groups is 3. The van der Waals surface area contributed by atoms with Crippen LogP contribution in [0.4, 0.5) is 0 Å². The van der Waals surface area contributed by atoms with Gasteiger partial charge in [-0.15, -0.1) is 0 Å². The van der Waals surface area contributed by atoms with Crippen LogP contribution in [0.15, 0.2) is 0 Å². The summed E-state index contributed by atoms with van der Waals surface area (Å²) in [7, 11) is 0. The number of ether oxygens (including phenoxy) is 1. The van der Waals surface area contributed by atoms with E-state index in [2.05, 4.69) is 10.8 Å². The summed E-state index contributed by atoms with van der Waals surface area (Å²) in [5, 5.41) is 31.1. The van der Waals surface area contributed by atoms with E-state index >= 15 is 0 Å². The first-order valence-electron chi connectivity index (χ1n) is 5.99. The third-order valence-electron chi connectivity index (χ3n) is 2.70. The summed E-state index contributed by atoms with van der Waals surface area (Å²) in [4.78, 5) is 16.2. The fourth-order valence-corrected chi connectivity index (χ4v) is 1.77. The molecule has 0 saturated carbocycles. The minimum absolute atomic E-state index is 0.326. The Labute approximate surface area is 110 Å². The summed E-state index contributed by atoms with van der Waals surface area (Å²) in [6, 6.07) is -0.958. The monoisotopic (exact) mass is 279 g/mol. The van der Waals surface area contributed by atoms with Gasteiger partial charge in [-0.05, 0) is 0 Å². The van der Waals surface area contributed by atoms with Crippen molar-refractivity contribution in [1.29, 1.82) is 0 Å². The van der Waals surface area contributed by atoms with Crippen LogP contribution < -0.4 is 16.5 Å². The Morgan fingerprint density at radius 1 is 1.42 bits per heavy atom. The summed E-state index contributed by atoms with van der Waals surface area (Å²) >= 11 is 0. The van der Waals surface area contributed by atoms with Crippen molar-refractivity contribution < 1.29 is 29.7 Å². The summed E-state index contributed by atoms with van der Waals surface area (Å²) in [5.74, 6) is -0.408. The van der Waals surface area contributed by atoms with Crippen LogP contribution in [0.3, 0.4) is 0 Å². The molecule has 0 bridgehead atoms. The molecule has 1 fully saturated rings. The molecule has 19 heavy (non-hydrogen) atoms. The summed E-state index contributed by atoms with van der Waals surface area (Å²) in [6.45, 7) is 1.45. The first-order valence-corrected chi connectivity index (χ1v) is 5.99. The van der Waals surface area contributed by atoms with Crippen molar-refractivity contribution in [3.63, 3.8) is 0 Å². The topological polar surface area (TPSA) is 146 Å². The maximum Gasteiger partial charge on any atom is 0.217 e. The minimum atomic E-state index is -1.32. The standard InChI is InChI=1S/C10H21N3O6/c1-5(15)13-7-9(17)8(16)6(4-14)18-10(7)19-12-3-2-11/h6-10,12,14,16-17H,2-4,11H2,1H3,(H,13,15)/t6?,7?,8-,9?,10-/m0/s1. The molecular weight excluding hydrogens is 258 g/mol. The second-order valence-corrected chi connectivity index (χ2v) is 4.23. The van der Waals surface area contributed by atoms with E-state index in [1.54, 1.807) is 0 Å². The van der Waals surface area contributed by atoms with Crippen molar-refractivity contribution in [3.8, 4) is 0 Å². The fraction of sp³-hybridized carbons (Fsp3) is 0.900. The normalized spacial score (nSPS) is 35.1. The van der Waals surface area contributed by atoms with Gasteiger partial charge in [-0.3, -0.25) is 9.63 Å². The van der Waals surface area contributed by atoms with E-state index in [1.165, 1.54) is 6.92 Å². The lowest BCUT2D eigenvalue weighted by Crippen LogP contribution is -2.65. The maximum absolute atomic E-state index is 11.1. The Morgan fingerprint density at radius 2 is 2.11 bits per heavy atom. The molecule has 1 amide bonds. The number of nitrogens with two attached hydrogens (primary N) is 1. The number of nitrogens with one attached hydrogen (secondary N) is 2. The molecular formula is C10H21N3O6. The van der Waals surface area contributed by atoms with Gasteiger partial charge in [-0.1, -0.05) is 0 Å². The van der Waals surface area contributed by atoms with Crippen LogP contribution in [-0.2, 0) is 14.4 Å². The van der Waals surface area contributed by atoms with E-state index in [9.17, 15) is 15.0 Å². The highest BCUT2D eigenvalue weighted by atomic mass is 16.8. The summed E-state index contributed by atoms with van der Waals surface area (Å²) < 4.78 is 5.28. The minimum Gasteiger partial charge on any atom is -0.394 e. The average Bonchev–Trinajstić information content (AvgIpc) is 2.37. The van der Waals surface area contributed by atoms with Crippen molar-refractivity contribution in [1.82, 2.24) is 10.8 Å². The van der Waals surface area contributed by atoms with Gasteiger partial charge in [0.1, 0.15) is 24.4 Å². The highest BCUT2D eigenvalue weighted by Crippen LogP contribution is 2.21. The van der Waals surface area contributed by atoms with Crippen LogP contribution in [0, 0.1) is 0 Å². The molecule has 3 unspecified atom stereocenters. The van der Waals surface area contributed by atoms with Gasteiger partial charge in [0.2, 0.25) is 12.2 Å². The number of rotatable bonds is 6. The zero-order valence-corrected chi connectivity index (χ0v) is 10.7. The van der Waals surface area contributed by atoms with E-state index in [0.717, 1.165) is 0 Å². The van der Waals surface area contributed by atoms with Gasteiger partial charge in [0.15, 0.2) is 0 Å². The second kappa shape index (κ2) is 7.70. The van der Waals surface area contributed by atoms with Crippen molar-refractivity contribution >= 4 is 5.91 Å². The molecule has 5 atom stereocenters. The van der Waals surface area contributed by atoms with Crippen molar-refractivity contribution in [2.75, 3.05) is 19.7 Å². The quantitative estimate of drug-likeness (QED) is 0.216.